The summed E-state index contributed by atoms with van der Waals surface area (Å²) in [6, 6.07) is 3.83. The monoisotopic (exact) mass is 1110 g/mol. The Balaban J connectivity index is 1.70. The molecule has 68 heavy (non-hydrogen) atoms. The summed E-state index contributed by atoms with van der Waals surface area (Å²) >= 11 is 11.5. The molecule has 11 N–H and O–H groups in total. The van der Waals surface area contributed by atoms with Gasteiger partial charge in [0.25, 0.3) is 30.4 Å². The van der Waals surface area contributed by atoms with Crippen LogP contribution in [0.1, 0.15) is 12.8 Å². The van der Waals surface area contributed by atoms with Gasteiger partial charge in [0.05, 0.1) is 45.8 Å². The number of nitrogens with zero attached hydrogens (tertiary/aromatic N) is 5. The number of phenolic OH excluding ortho intramolecular Hbond substituents is 1. The number of carbonyl (C=O) groups is 2. The number of aromatic nitrogens is 3. The van der Waals surface area contributed by atoms with E-state index >= 15 is 0 Å². The van der Waals surface area contributed by atoms with Crippen LogP contribution in [0.2, 0.25) is 5.28 Å². The second-order valence-corrected chi connectivity index (χ2v) is 23.4. The maximum Gasteiger partial charge on any atom is 0.397 e. The molecule has 0 bridgehead atoms. The molecule has 0 aliphatic carbocycles. The molecule has 3 amide bonds. The number of phenols is 1. The molecule has 4 aromatic rings. The van der Waals surface area contributed by atoms with Gasteiger partial charge in [-0.05, 0) is 60.5 Å². The topological polar surface area (TPSA) is 487 Å². The first-order valence-corrected chi connectivity index (χ1v) is 27.7. The van der Waals surface area contributed by atoms with Gasteiger partial charge in [0.15, 0.2) is 25.4 Å². The fourth-order valence-electron chi connectivity index (χ4n) is 5.20. The van der Waals surface area contributed by atoms with Crippen LogP contribution in [0.3, 0.4) is 0 Å². The molecule has 1 heterocycles. The first kappa shape index (κ1) is 55.1. The molecular formula is C30H32Cl2N10O20S6. The first-order valence-electron chi connectivity index (χ1n) is 17.6. The lowest BCUT2D eigenvalue weighted by Crippen LogP contribution is -2.19. The minimum absolute atomic E-state index is 0.0679. The molecular weight excluding hydrogens is 1080 g/mol. The van der Waals surface area contributed by atoms with E-state index in [9.17, 15) is 78.9 Å². The van der Waals surface area contributed by atoms with Crippen LogP contribution < -0.4 is 27.0 Å². The van der Waals surface area contributed by atoms with E-state index in [4.69, 9.17) is 33.5 Å². The van der Waals surface area contributed by atoms with Crippen molar-refractivity contribution in [1.82, 2.24) is 15.0 Å². The largest absolute Gasteiger partial charge is 0.504 e. The van der Waals surface area contributed by atoms with Gasteiger partial charge in [-0.25, -0.2) is 25.8 Å². The quantitative estimate of drug-likeness (QED) is 0.0234. The van der Waals surface area contributed by atoms with Crippen LogP contribution in [-0.4, -0.2) is 130 Å². The Kier molecular flexibility index (Phi) is 17.4. The maximum absolute atomic E-state index is 12.9. The van der Waals surface area contributed by atoms with Crippen LogP contribution in [0.4, 0.5) is 50.8 Å². The third-order valence-corrected chi connectivity index (χ3v) is 15.1. The third-order valence-electron chi connectivity index (χ3n) is 8.04. The van der Waals surface area contributed by atoms with Crippen LogP contribution in [-0.2, 0) is 69.4 Å². The van der Waals surface area contributed by atoms with Crippen molar-refractivity contribution in [3.8, 4) is 5.75 Å². The van der Waals surface area contributed by atoms with Gasteiger partial charge in [0.2, 0.25) is 23.1 Å². The van der Waals surface area contributed by atoms with E-state index in [-0.39, 0.29) is 35.1 Å². The highest BCUT2D eigenvalue weighted by Gasteiger charge is 2.28. The normalized spacial score (nSPS) is 12.7. The smallest absolute Gasteiger partial charge is 0.397 e. The zero-order valence-corrected chi connectivity index (χ0v) is 39.8. The zero-order valence-electron chi connectivity index (χ0n) is 33.4. The fraction of sp³-hybridized carbons (Fsp3) is 0.233. The standard InChI is InChI=1S/C30H32Cl2N10O20S6/c31-5-8-63(46,47)7-1-2-25(43)35-19-13-23(66(53,54)55)20(14-22(19)65(50,51)52)42-41-17-4-3-15(10-18(17)36-28(33)45)34-29-38-27(32)39-30(40-29)37-21-11-16(12-24(26(21)44)67(56,57)58)64(48,49)9-6-62-68(59,60)61/h3-4,10-14,44H,1-2,5-9H2,(H,35,43)(H3,33,36,45)(H,50,51,52)(H,53,54,55)(H,56,57,58)(H,59,60,61)(H2,34,37,38,39,40). The number of nitrogens with one attached hydrogen (secondary N) is 4. The molecule has 0 atom stereocenters. The van der Waals surface area contributed by atoms with E-state index in [1.165, 1.54) is 6.07 Å². The third kappa shape index (κ3) is 16.1. The van der Waals surface area contributed by atoms with E-state index < -0.39 is 156 Å². The van der Waals surface area contributed by atoms with Gasteiger partial charge < -0.3 is 32.1 Å². The van der Waals surface area contributed by atoms with Crippen molar-refractivity contribution in [2.24, 2.45) is 16.0 Å². The lowest BCUT2D eigenvalue weighted by Gasteiger charge is -2.14. The number of sulfone groups is 2. The Morgan fingerprint density at radius 1 is 0.676 bits per heavy atom. The van der Waals surface area contributed by atoms with Crippen molar-refractivity contribution in [3.05, 3.63) is 47.7 Å². The molecule has 4 rings (SSSR count). The summed E-state index contributed by atoms with van der Waals surface area (Å²) in [7, 11) is -29.5. The SMILES string of the molecule is NC(=O)Nc1cc(Nc2nc(Cl)nc(Nc3cc(S(=O)(=O)CCOS(=O)(=O)O)cc(S(=O)(=O)O)c3O)n2)ccc1N=Nc1cc(S(=O)(=O)O)c(NC(=O)CCCS(=O)(=O)CCCl)cc1S(=O)(=O)O. The summed E-state index contributed by atoms with van der Waals surface area (Å²) in [6.45, 7) is -1.15. The van der Waals surface area contributed by atoms with Gasteiger partial charge in [-0.3, -0.25) is 23.0 Å². The first-order chi connectivity index (χ1) is 31.2. The summed E-state index contributed by atoms with van der Waals surface area (Å²) in [5.74, 6) is -5.70. The number of alkyl halides is 1. The summed E-state index contributed by atoms with van der Waals surface area (Å²) in [5.41, 5.74) is 1.88. The molecule has 1 aromatic heterocycles. The highest BCUT2D eigenvalue weighted by Crippen LogP contribution is 2.38. The number of anilines is 6. The van der Waals surface area contributed by atoms with Crippen LogP contribution >= 0.6 is 23.2 Å². The van der Waals surface area contributed by atoms with E-state index in [0.717, 1.165) is 12.1 Å². The molecule has 38 heteroatoms. The van der Waals surface area contributed by atoms with Gasteiger partial charge in [0.1, 0.15) is 26.1 Å². The number of azo groups is 1. The molecule has 30 nitrogen and oxygen atoms in total. The summed E-state index contributed by atoms with van der Waals surface area (Å²) in [6.07, 6.45) is -0.808. The Hall–Kier alpha value is -5.51. The van der Waals surface area contributed by atoms with E-state index in [1.807, 2.05) is 5.32 Å². The van der Waals surface area contributed by atoms with Crippen LogP contribution in [0.25, 0.3) is 0 Å². The Bertz CT molecular complexity index is 3380. The van der Waals surface area contributed by atoms with Crippen molar-refractivity contribution in [3.63, 3.8) is 0 Å². The van der Waals surface area contributed by atoms with Gasteiger partial charge >= 0.3 is 16.4 Å². The lowest BCUT2D eigenvalue weighted by atomic mass is 10.2. The van der Waals surface area contributed by atoms with E-state index in [2.05, 4.69) is 45.3 Å². The Morgan fingerprint density at radius 3 is 1.85 bits per heavy atom. The number of nitrogens with two attached hydrogens (primary N) is 1. The van der Waals surface area contributed by atoms with Crippen LogP contribution in [0, 0.1) is 0 Å². The Labute approximate surface area is 394 Å². The summed E-state index contributed by atoms with van der Waals surface area (Å²) in [4.78, 5) is 31.4. The van der Waals surface area contributed by atoms with Gasteiger partial charge in [-0.15, -0.1) is 21.8 Å². The average Bonchev–Trinajstić information content (AvgIpc) is 3.16. The molecule has 0 aliphatic heterocycles. The van der Waals surface area contributed by atoms with Gasteiger partial charge in [-0.1, -0.05) is 0 Å². The molecule has 0 spiro atoms. The van der Waals surface area contributed by atoms with E-state index in [1.54, 1.807) is 0 Å². The summed E-state index contributed by atoms with van der Waals surface area (Å²) in [5, 5.41) is 26.5. The van der Waals surface area contributed by atoms with Crippen molar-refractivity contribution in [2.75, 3.05) is 51.0 Å². The predicted molar refractivity (Wildman–Crippen MR) is 236 cm³/mol. The summed E-state index contributed by atoms with van der Waals surface area (Å²) < 4.78 is 187. The second-order valence-electron chi connectivity index (χ2n) is 13.0. The maximum atomic E-state index is 12.9. The van der Waals surface area contributed by atoms with Gasteiger partial charge in [-0.2, -0.15) is 48.6 Å². The number of carbonyl (C=O) groups excluding carboxylic acids is 2. The Morgan fingerprint density at radius 2 is 1.28 bits per heavy atom. The molecule has 0 saturated heterocycles. The van der Waals surface area contributed by atoms with Gasteiger partial charge in [0, 0.05) is 18.0 Å². The molecule has 372 valence electrons. The molecule has 0 aliphatic rings. The predicted octanol–water partition coefficient (Wildman–Crippen LogP) is 2.33. The number of urea groups is 1. The molecule has 0 saturated carbocycles. The number of benzene rings is 3. The number of hydrogen-bond acceptors (Lipinski definition) is 23. The fourth-order valence-corrected chi connectivity index (χ4v) is 10.6. The highest BCUT2D eigenvalue weighted by atomic mass is 35.5. The second kappa shape index (κ2) is 21.4. The molecule has 0 unspecified atom stereocenters. The van der Waals surface area contributed by atoms with Crippen molar-refractivity contribution < 1.29 is 87.6 Å². The number of rotatable bonds is 22. The van der Waals surface area contributed by atoms with E-state index in [0.29, 0.717) is 24.3 Å². The van der Waals surface area contributed by atoms with Crippen LogP contribution in [0.15, 0.2) is 72.3 Å². The van der Waals surface area contributed by atoms with Crippen molar-refractivity contribution >= 4 is 142 Å². The van der Waals surface area contributed by atoms with Crippen molar-refractivity contribution in [1.29, 1.82) is 0 Å². The highest BCUT2D eigenvalue weighted by molar-refractivity contribution is 7.92. The molecule has 0 fully saturated rings. The number of halogens is 2. The molecule has 3 aromatic carbocycles. The van der Waals surface area contributed by atoms with Crippen molar-refractivity contribution in [2.45, 2.75) is 32.4 Å². The lowest BCUT2D eigenvalue weighted by molar-refractivity contribution is -0.116. The minimum Gasteiger partial charge on any atom is -0.504 e. The number of amides is 3. The van der Waals surface area contributed by atoms with Crippen LogP contribution in [0.5, 0.6) is 5.75 Å². The number of primary amides is 1. The average molecular weight is 1120 g/mol. The number of aromatic hydroxyl groups is 1. The number of hydrogen-bond donors (Lipinski definition) is 10. The minimum atomic E-state index is -5.37. The zero-order chi connectivity index (χ0) is 51.2. The molecule has 0 radical (unpaired) electrons.